The topological polar surface area (TPSA) is 42.7 Å². The molecule has 1 rings (SSSR count). The van der Waals surface area contributed by atoms with Gasteiger partial charge in [0.1, 0.15) is 12.2 Å². The summed E-state index contributed by atoms with van der Waals surface area (Å²) in [6.45, 7) is 12.6. The van der Waals surface area contributed by atoms with Crippen LogP contribution in [0.4, 0.5) is 0 Å². The van der Waals surface area contributed by atoms with E-state index in [1.807, 2.05) is 11.7 Å². The Hall–Kier alpha value is -0.900. The SMILES string of the molecule is CCCNC(Cc1ncnn1C)CC(C)C(C)(C)C. The molecule has 4 nitrogen and oxygen atoms in total. The van der Waals surface area contributed by atoms with Crippen molar-refractivity contribution < 1.29 is 0 Å². The molecule has 0 saturated heterocycles. The van der Waals surface area contributed by atoms with Crippen LogP contribution in [0.1, 0.15) is 53.3 Å². The Morgan fingerprint density at radius 2 is 2.05 bits per heavy atom. The van der Waals surface area contributed by atoms with Crippen molar-refractivity contribution in [2.45, 2.75) is 59.9 Å². The summed E-state index contributed by atoms with van der Waals surface area (Å²) < 4.78 is 1.88. The first-order chi connectivity index (χ1) is 8.84. The van der Waals surface area contributed by atoms with Crippen LogP contribution >= 0.6 is 0 Å². The van der Waals surface area contributed by atoms with E-state index in [9.17, 15) is 0 Å². The molecule has 0 aliphatic heterocycles. The fraction of sp³-hybridized carbons (Fsp3) is 0.867. The zero-order valence-electron chi connectivity index (χ0n) is 13.4. The monoisotopic (exact) mass is 266 g/mol. The molecule has 19 heavy (non-hydrogen) atoms. The Kier molecular flexibility index (Phi) is 5.98. The summed E-state index contributed by atoms with van der Waals surface area (Å²) in [5.41, 5.74) is 0.353. The van der Waals surface area contributed by atoms with E-state index in [1.54, 1.807) is 6.33 Å². The summed E-state index contributed by atoms with van der Waals surface area (Å²) in [5, 5.41) is 7.81. The maximum absolute atomic E-state index is 4.34. The quantitative estimate of drug-likeness (QED) is 0.825. The van der Waals surface area contributed by atoms with Crippen molar-refractivity contribution in [3.63, 3.8) is 0 Å². The van der Waals surface area contributed by atoms with Crippen LogP contribution in [0.5, 0.6) is 0 Å². The lowest BCUT2D eigenvalue weighted by Gasteiger charge is -2.31. The van der Waals surface area contributed by atoms with Crippen molar-refractivity contribution in [1.82, 2.24) is 20.1 Å². The van der Waals surface area contributed by atoms with Crippen LogP contribution in [0.3, 0.4) is 0 Å². The van der Waals surface area contributed by atoms with Crippen molar-refractivity contribution in [3.05, 3.63) is 12.2 Å². The minimum absolute atomic E-state index is 0.353. The maximum Gasteiger partial charge on any atom is 0.138 e. The van der Waals surface area contributed by atoms with Gasteiger partial charge in [-0.05, 0) is 30.7 Å². The number of aromatic nitrogens is 3. The highest BCUT2D eigenvalue weighted by Crippen LogP contribution is 2.29. The Balaban J connectivity index is 2.64. The van der Waals surface area contributed by atoms with Crippen molar-refractivity contribution in [1.29, 1.82) is 0 Å². The highest BCUT2D eigenvalue weighted by atomic mass is 15.3. The second-order valence-electron chi connectivity index (χ2n) is 6.66. The molecule has 1 aromatic heterocycles. The van der Waals surface area contributed by atoms with Gasteiger partial charge in [0, 0.05) is 19.5 Å². The predicted octanol–water partition coefficient (Wildman–Crippen LogP) is 2.80. The fourth-order valence-corrected chi connectivity index (χ4v) is 2.09. The molecular formula is C15H30N4. The smallest absolute Gasteiger partial charge is 0.138 e. The van der Waals surface area contributed by atoms with E-state index in [0.717, 1.165) is 18.8 Å². The number of hydrogen-bond acceptors (Lipinski definition) is 3. The minimum atomic E-state index is 0.353. The fourth-order valence-electron chi connectivity index (χ4n) is 2.09. The van der Waals surface area contributed by atoms with Crippen LogP contribution in [0.2, 0.25) is 0 Å². The van der Waals surface area contributed by atoms with Crippen LogP contribution < -0.4 is 5.32 Å². The van der Waals surface area contributed by atoms with E-state index in [0.29, 0.717) is 17.4 Å². The lowest BCUT2D eigenvalue weighted by atomic mass is 9.78. The molecule has 0 aliphatic rings. The van der Waals surface area contributed by atoms with E-state index in [-0.39, 0.29) is 0 Å². The van der Waals surface area contributed by atoms with Crippen LogP contribution in [0.25, 0.3) is 0 Å². The minimum Gasteiger partial charge on any atom is -0.314 e. The van der Waals surface area contributed by atoms with Crippen LogP contribution in [-0.4, -0.2) is 27.4 Å². The average Bonchev–Trinajstić information content (AvgIpc) is 2.70. The normalized spacial score (nSPS) is 15.5. The van der Waals surface area contributed by atoms with Gasteiger partial charge in [-0.2, -0.15) is 5.10 Å². The number of nitrogens with one attached hydrogen (secondary N) is 1. The van der Waals surface area contributed by atoms with Crippen molar-refractivity contribution in [2.75, 3.05) is 6.54 Å². The molecule has 0 spiro atoms. The average molecular weight is 266 g/mol. The third-order valence-electron chi connectivity index (χ3n) is 4.03. The van der Waals surface area contributed by atoms with Gasteiger partial charge >= 0.3 is 0 Å². The lowest BCUT2D eigenvalue weighted by molar-refractivity contribution is 0.221. The first-order valence-electron chi connectivity index (χ1n) is 7.40. The summed E-state index contributed by atoms with van der Waals surface area (Å²) in [7, 11) is 1.96. The number of rotatable bonds is 7. The van der Waals surface area contributed by atoms with E-state index in [2.05, 4.69) is 50.0 Å². The Morgan fingerprint density at radius 1 is 1.37 bits per heavy atom. The third-order valence-corrected chi connectivity index (χ3v) is 4.03. The number of nitrogens with zero attached hydrogens (tertiary/aromatic N) is 3. The van der Waals surface area contributed by atoms with Crippen LogP contribution in [0, 0.1) is 11.3 Å². The second kappa shape index (κ2) is 7.04. The molecule has 0 bridgehead atoms. The Bertz CT molecular complexity index is 364. The highest BCUT2D eigenvalue weighted by Gasteiger charge is 2.24. The van der Waals surface area contributed by atoms with Gasteiger partial charge in [-0.1, -0.05) is 34.6 Å². The standard InChI is InChI=1S/C15H30N4/c1-7-8-16-13(9-12(2)15(3,4)5)10-14-17-11-18-19(14)6/h11-13,16H,7-10H2,1-6H3. The van der Waals surface area contributed by atoms with Crippen molar-refractivity contribution in [2.24, 2.45) is 18.4 Å². The van der Waals surface area contributed by atoms with E-state index >= 15 is 0 Å². The Morgan fingerprint density at radius 3 is 2.53 bits per heavy atom. The molecule has 0 radical (unpaired) electrons. The van der Waals surface area contributed by atoms with Gasteiger partial charge in [0.15, 0.2) is 0 Å². The molecule has 0 aromatic carbocycles. The molecule has 0 amide bonds. The molecular weight excluding hydrogens is 236 g/mol. The highest BCUT2D eigenvalue weighted by molar-refractivity contribution is 4.90. The molecule has 110 valence electrons. The molecule has 1 aromatic rings. The predicted molar refractivity (Wildman–Crippen MR) is 80.0 cm³/mol. The van der Waals surface area contributed by atoms with Crippen molar-refractivity contribution >= 4 is 0 Å². The van der Waals surface area contributed by atoms with Crippen molar-refractivity contribution in [3.8, 4) is 0 Å². The molecule has 1 heterocycles. The van der Waals surface area contributed by atoms with Gasteiger partial charge in [0.2, 0.25) is 0 Å². The third kappa shape index (κ3) is 5.31. The lowest BCUT2D eigenvalue weighted by Crippen LogP contribution is -2.36. The van der Waals surface area contributed by atoms with Gasteiger partial charge in [0.05, 0.1) is 0 Å². The first-order valence-corrected chi connectivity index (χ1v) is 7.40. The van der Waals surface area contributed by atoms with Gasteiger partial charge in [-0.25, -0.2) is 4.98 Å². The van der Waals surface area contributed by atoms with E-state index < -0.39 is 0 Å². The molecule has 4 heteroatoms. The zero-order valence-corrected chi connectivity index (χ0v) is 13.4. The van der Waals surface area contributed by atoms with E-state index in [4.69, 9.17) is 0 Å². The molecule has 0 saturated carbocycles. The Labute approximate surface area is 118 Å². The molecule has 0 fully saturated rings. The molecule has 2 atom stereocenters. The maximum atomic E-state index is 4.34. The summed E-state index contributed by atoms with van der Waals surface area (Å²) in [5.74, 6) is 1.74. The summed E-state index contributed by atoms with van der Waals surface area (Å²) in [6.07, 6.45) is 4.94. The van der Waals surface area contributed by atoms with Crippen LogP contribution in [0.15, 0.2) is 6.33 Å². The largest absolute Gasteiger partial charge is 0.314 e. The van der Waals surface area contributed by atoms with Gasteiger partial charge < -0.3 is 5.32 Å². The summed E-state index contributed by atoms with van der Waals surface area (Å²) >= 11 is 0. The zero-order chi connectivity index (χ0) is 14.5. The molecule has 1 N–H and O–H groups in total. The first kappa shape index (κ1) is 16.2. The van der Waals surface area contributed by atoms with Crippen LogP contribution in [-0.2, 0) is 13.5 Å². The summed E-state index contributed by atoms with van der Waals surface area (Å²) in [4.78, 5) is 4.34. The van der Waals surface area contributed by atoms with Gasteiger partial charge in [0.25, 0.3) is 0 Å². The molecule has 0 aliphatic carbocycles. The van der Waals surface area contributed by atoms with Gasteiger partial charge in [-0.3, -0.25) is 4.68 Å². The second-order valence-corrected chi connectivity index (χ2v) is 6.66. The van der Waals surface area contributed by atoms with Gasteiger partial charge in [-0.15, -0.1) is 0 Å². The summed E-state index contributed by atoms with van der Waals surface area (Å²) in [6, 6.07) is 0.483. The number of aryl methyl sites for hydroxylation is 1. The number of hydrogen-bond donors (Lipinski definition) is 1. The van der Waals surface area contributed by atoms with E-state index in [1.165, 1.54) is 12.8 Å². The molecule has 2 unspecified atom stereocenters.